The zero-order valence-electron chi connectivity index (χ0n) is 11.9. The molecule has 0 fully saturated rings. The predicted octanol–water partition coefficient (Wildman–Crippen LogP) is 2.05. The molecule has 1 atom stereocenters. The van der Waals surface area contributed by atoms with Gasteiger partial charge in [0.1, 0.15) is 0 Å². The minimum atomic E-state index is -0.428. The van der Waals surface area contributed by atoms with E-state index >= 15 is 0 Å². The number of nitrogens with zero attached hydrogens (tertiary/aromatic N) is 1. The van der Waals surface area contributed by atoms with Crippen LogP contribution < -0.4 is 11.1 Å². The number of urea groups is 1. The largest absolute Gasteiger partial charge is 0.370 e. The van der Waals surface area contributed by atoms with Crippen LogP contribution in [0.15, 0.2) is 18.2 Å². The van der Waals surface area contributed by atoms with Gasteiger partial charge in [-0.25, -0.2) is 4.79 Å². The number of hydrogen-bond donors (Lipinski definition) is 2. The standard InChI is InChI=1S/C14H20ClN3O2/c1-9(7-13(16)19)18(3)14(20)17-8-11-5-4-6-12(15)10(11)2/h4-6,9H,7-8H2,1-3H3,(H2,16,19)(H,17,20)/t9-/m0/s1. The summed E-state index contributed by atoms with van der Waals surface area (Å²) in [5.41, 5.74) is 7.03. The van der Waals surface area contributed by atoms with Crippen molar-refractivity contribution in [1.82, 2.24) is 10.2 Å². The third-order valence-electron chi connectivity index (χ3n) is 3.29. The summed E-state index contributed by atoms with van der Waals surface area (Å²) in [6.07, 6.45) is 0.139. The maximum absolute atomic E-state index is 12.0. The van der Waals surface area contributed by atoms with Crippen LogP contribution in [-0.2, 0) is 11.3 Å². The molecule has 0 bridgehead atoms. The molecule has 0 aliphatic heterocycles. The van der Waals surface area contributed by atoms with Crippen molar-refractivity contribution in [2.45, 2.75) is 32.9 Å². The number of carbonyl (C=O) groups excluding carboxylic acids is 2. The minimum Gasteiger partial charge on any atom is -0.370 e. The highest BCUT2D eigenvalue weighted by molar-refractivity contribution is 6.31. The first-order valence-electron chi connectivity index (χ1n) is 6.36. The van der Waals surface area contributed by atoms with Crippen LogP contribution in [0.3, 0.4) is 0 Å². The third-order valence-corrected chi connectivity index (χ3v) is 3.70. The molecular formula is C14H20ClN3O2. The van der Waals surface area contributed by atoms with Crippen molar-refractivity contribution in [3.8, 4) is 0 Å². The van der Waals surface area contributed by atoms with Gasteiger partial charge in [0.2, 0.25) is 5.91 Å². The fraction of sp³-hybridized carbons (Fsp3) is 0.429. The van der Waals surface area contributed by atoms with E-state index in [-0.39, 0.29) is 18.5 Å². The summed E-state index contributed by atoms with van der Waals surface area (Å²) in [5.74, 6) is -0.428. The maximum atomic E-state index is 12.0. The normalized spacial score (nSPS) is 11.8. The fourth-order valence-corrected chi connectivity index (χ4v) is 1.96. The fourth-order valence-electron chi connectivity index (χ4n) is 1.77. The molecule has 110 valence electrons. The number of amides is 3. The number of halogens is 1. The first-order chi connectivity index (χ1) is 9.32. The van der Waals surface area contributed by atoms with Crippen molar-refractivity contribution < 1.29 is 9.59 Å². The molecule has 0 saturated carbocycles. The lowest BCUT2D eigenvalue weighted by Crippen LogP contribution is -2.43. The van der Waals surface area contributed by atoms with E-state index in [1.807, 2.05) is 25.1 Å². The molecule has 1 aromatic rings. The predicted molar refractivity (Wildman–Crippen MR) is 79.5 cm³/mol. The molecule has 0 spiro atoms. The number of benzene rings is 1. The van der Waals surface area contributed by atoms with Crippen molar-refractivity contribution in [2.75, 3.05) is 7.05 Å². The van der Waals surface area contributed by atoms with Crippen LogP contribution in [0, 0.1) is 6.92 Å². The quantitative estimate of drug-likeness (QED) is 0.873. The summed E-state index contributed by atoms with van der Waals surface area (Å²) in [4.78, 5) is 24.3. The Labute approximate surface area is 124 Å². The molecule has 3 N–H and O–H groups in total. The van der Waals surface area contributed by atoms with Gasteiger partial charge < -0.3 is 16.0 Å². The molecule has 0 aliphatic rings. The highest BCUT2D eigenvalue weighted by Gasteiger charge is 2.17. The molecule has 0 aliphatic carbocycles. The number of rotatable bonds is 5. The SMILES string of the molecule is Cc1c(Cl)cccc1CNC(=O)N(C)[C@@H](C)CC(N)=O. The second kappa shape index (κ2) is 7.14. The lowest BCUT2D eigenvalue weighted by Gasteiger charge is -2.24. The molecule has 0 unspecified atom stereocenters. The first-order valence-corrected chi connectivity index (χ1v) is 6.73. The molecule has 6 heteroatoms. The van der Waals surface area contributed by atoms with Gasteiger partial charge in [0.25, 0.3) is 0 Å². The van der Waals surface area contributed by atoms with Crippen molar-refractivity contribution in [3.05, 3.63) is 34.3 Å². The van der Waals surface area contributed by atoms with Gasteiger partial charge in [-0.3, -0.25) is 4.79 Å². The summed E-state index contributed by atoms with van der Waals surface area (Å²) in [6, 6.07) is 5.07. The molecule has 1 rings (SSSR count). The van der Waals surface area contributed by atoms with Crippen LogP contribution in [0.25, 0.3) is 0 Å². The van der Waals surface area contributed by atoms with Gasteiger partial charge in [0.05, 0.1) is 0 Å². The molecule has 3 amide bonds. The number of nitrogens with one attached hydrogen (secondary N) is 1. The Morgan fingerprint density at radius 2 is 2.10 bits per heavy atom. The second-order valence-corrected chi connectivity index (χ2v) is 5.22. The monoisotopic (exact) mass is 297 g/mol. The highest BCUT2D eigenvalue weighted by Crippen LogP contribution is 2.18. The van der Waals surface area contributed by atoms with Crippen molar-refractivity contribution >= 4 is 23.5 Å². The molecule has 0 heterocycles. The molecule has 5 nitrogen and oxygen atoms in total. The van der Waals surface area contributed by atoms with E-state index in [2.05, 4.69) is 5.32 Å². The van der Waals surface area contributed by atoms with Gasteiger partial charge in [0, 0.05) is 31.1 Å². The second-order valence-electron chi connectivity index (χ2n) is 4.81. The van der Waals surface area contributed by atoms with Crippen LogP contribution >= 0.6 is 11.6 Å². The summed E-state index contributed by atoms with van der Waals surface area (Å²) >= 11 is 6.02. The number of primary amides is 1. The zero-order chi connectivity index (χ0) is 15.3. The number of nitrogens with two attached hydrogens (primary N) is 1. The zero-order valence-corrected chi connectivity index (χ0v) is 12.7. The van der Waals surface area contributed by atoms with Crippen molar-refractivity contribution in [1.29, 1.82) is 0 Å². The van der Waals surface area contributed by atoms with Crippen molar-refractivity contribution in [3.63, 3.8) is 0 Å². The Hall–Kier alpha value is -1.75. The topological polar surface area (TPSA) is 75.4 Å². The van der Waals surface area contributed by atoms with Crippen LogP contribution in [0.5, 0.6) is 0 Å². The van der Waals surface area contributed by atoms with Gasteiger partial charge >= 0.3 is 6.03 Å². The van der Waals surface area contributed by atoms with E-state index in [1.54, 1.807) is 14.0 Å². The molecule has 0 radical (unpaired) electrons. The van der Waals surface area contributed by atoms with E-state index in [4.69, 9.17) is 17.3 Å². The highest BCUT2D eigenvalue weighted by atomic mass is 35.5. The molecule has 0 saturated heterocycles. The van der Waals surface area contributed by atoms with Crippen LogP contribution in [-0.4, -0.2) is 29.9 Å². The van der Waals surface area contributed by atoms with Crippen LogP contribution in [0.2, 0.25) is 5.02 Å². The Morgan fingerprint density at radius 1 is 1.45 bits per heavy atom. The lowest BCUT2D eigenvalue weighted by molar-refractivity contribution is -0.118. The Kier molecular flexibility index (Phi) is 5.82. The van der Waals surface area contributed by atoms with E-state index in [1.165, 1.54) is 4.90 Å². The Morgan fingerprint density at radius 3 is 2.70 bits per heavy atom. The van der Waals surface area contributed by atoms with E-state index in [0.717, 1.165) is 11.1 Å². The number of carbonyl (C=O) groups is 2. The summed E-state index contributed by atoms with van der Waals surface area (Å²) in [7, 11) is 1.63. The summed E-state index contributed by atoms with van der Waals surface area (Å²) in [6.45, 7) is 4.07. The Bertz CT molecular complexity index is 505. The lowest BCUT2D eigenvalue weighted by atomic mass is 10.1. The smallest absolute Gasteiger partial charge is 0.317 e. The summed E-state index contributed by atoms with van der Waals surface area (Å²) in [5, 5.41) is 3.47. The molecule has 20 heavy (non-hydrogen) atoms. The molecular weight excluding hydrogens is 278 g/mol. The van der Waals surface area contributed by atoms with E-state index in [9.17, 15) is 9.59 Å². The van der Waals surface area contributed by atoms with Gasteiger partial charge in [-0.1, -0.05) is 23.7 Å². The maximum Gasteiger partial charge on any atom is 0.317 e. The van der Waals surface area contributed by atoms with Gasteiger partial charge in [-0.05, 0) is 31.0 Å². The minimum absolute atomic E-state index is 0.139. The Balaban J connectivity index is 2.58. The molecule has 1 aromatic carbocycles. The van der Waals surface area contributed by atoms with Crippen LogP contribution in [0.1, 0.15) is 24.5 Å². The van der Waals surface area contributed by atoms with Crippen LogP contribution in [0.4, 0.5) is 4.79 Å². The van der Waals surface area contributed by atoms with Gasteiger partial charge in [-0.15, -0.1) is 0 Å². The first kappa shape index (κ1) is 16.3. The summed E-state index contributed by atoms with van der Waals surface area (Å²) < 4.78 is 0. The number of hydrogen-bond acceptors (Lipinski definition) is 2. The molecule has 0 aromatic heterocycles. The van der Waals surface area contributed by atoms with Gasteiger partial charge in [0.15, 0.2) is 0 Å². The third kappa shape index (κ3) is 4.42. The van der Waals surface area contributed by atoms with E-state index in [0.29, 0.717) is 11.6 Å². The average Bonchev–Trinajstić information content (AvgIpc) is 2.38. The average molecular weight is 298 g/mol. The van der Waals surface area contributed by atoms with Crippen molar-refractivity contribution in [2.24, 2.45) is 5.73 Å². The van der Waals surface area contributed by atoms with E-state index < -0.39 is 5.91 Å². The van der Waals surface area contributed by atoms with Gasteiger partial charge in [-0.2, -0.15) is 0 Å².